The fourth-order valence-corrected chi connectivity index (χ4v) is 2.47. The molecular formula is C15H23N3O. The Labute approximate surface area is 115 Å². The Morgan fingerprint density at radius 2 is 1.95 bits per heavy atom. The van der Waals surface area contributed by atoms with E-state index in [0.29, 0.717) is 11.3 Å². The molecule has 0 saturated carbocycles. The first-order valence-corrected chi connectivity index (χ1v) is 7.12. The highest BCUT2D eigenvalue weighted by Gasteiger charge is 2.11. The number of nitrogens with zero attached hydrogens (tertiary/aromatic N) is 1. The zero-order chi connectivity index (χ0) is 13.5. The van der Waals surface area contributed by atoms with E-state index in [4.69, 9.17) is 5.73 Å². The topological polar surface area (TPSA) is 58.4 Å². The summed E-state index contributed by atoms with van der Waals surface area (Å²) < 4.78 is 0. The summed E-state index contributed by atoms with van der Waals surface area (Å²) in [5, 5.41) is 2.93. The molecule has 104 valence electrons. The Morgan fingerprint density at radius 3 is 2.68 bits per heavy atom. The molecule has 1 saturated heterocycles. The second-order valence-electron chi connectivity index (χ2n) is 5.10. The number of hydrogen-bond acceptors (Lipinski definition) is 3. The highest BCUT2D eigenvalue weighted by molar-refractivity contribution is 5.98. The third-order valence-electron chi connectivity index (χ3n) is 3.59. The van der Waals surface area contributed by atoms with Crippen LogP contribution in [-0.2, 0) is 0 Å². The number of amides is 1. The molecule has 1 heterocycles. The van der Waals surface area contributed by atoms with E-state index < -0.39 is 0 Å². The summed E-state index contributed by atoms with van der Waals surface area (Å²) in [4.78, 5) is 14.4. The first kappa shape index (κ1) is 13.9. The Kier molecular flexibility index (Phi) is 5.21. The number of nitrogens with two attached hydrogens (primary N) is 1. The second-order valence-corrected chi connectivity index (χ2v) is 5.10. The van der Waals surface area contributed by atoms with Crippen molar-refractivity contribution in [2.75, 3.05) is 31.9 Å². The van der Waals surface area contributed by atoms with Gasteiger partial charge in [0.2, 0.25) is 0 Å². The third-order valence-corrected chi connectivity index (χ3v) is 3.59. The molecule has 0 radical (unpaired) electrons. The van der Waals surface area contributed by atoms with Gasteiger partial charge in [-0.1, -0.05) is 12.1 Å². The normalized spacial score (nSPS) is 15.6. The number of rotatable bonds is 6. The van der Waals surface area contributed by atoms with Crippen molar-refractivity contribution in [2.45, 2.75) is 25.7 Å². The van der Waals surface area contributed by atoms with Gasteiger partial charge in [-0.15, -0.1) is 0 Å². The number of carbonyl (C=O) groups excluding carboxylic acids is 1. The van der Waals surface area contributed by atoms with E-state index in [1.807, 2.05) is 12.1 Å². The molecule has 2 rings (SSSR count). The number of carbonyl (C=O) groups is 1. The van der Waals surface area contributed by atoms with Crippen molar-refractivity contribution < 1.29 is 4.79 Å². The van der Waals surface area contributed by atoms with Gasteiger partial charge in [0.25, 0.3) is 5.91 Å². The maximum atomic E-state index is 11.9. The monoisotopic (exact) mass is 261 g/mol. The molecule has 0 aliphatic carbocycles. The van der Waals surface area contributed by atoms with Crippen molar-refractivity contribution >= 4 is 11.6 Å². The van der Waals surface area contributed by atoms with Crippen molar-refractivity contribution in [1.82, 2.24) is 10.2 Å². The minimum atomic E-state index is -0.0701. The maximum absolute atomic E-state index is 11.9. The lowest BCUT2D eigenvalue weighted by molar-refractivity contribution is 0.0953. The van der Waals surface area contributed by atoms with Gasteiger partial charge >= 0.3 is 0 Å². The average Bonchev–Trinajstić information content (AvgIpc) is 2.92. The zero-order valence-corrected chi connectivity index (χ0v) is 11.4. The first-order chi connectivity index (χ1) is 9.27. The number of hydrogen-bond donors (Lipinski definition) is 2. The fourth-order valence-electron chi connectivity index (χ4n) is 2.47. The van der Waals surface area contributed by atoms with Crippen LogP contribution in [0.15, 0.2) is 24.3 Å². The molecule has 1 fully saturated rings. The Balaban J connectivity index is 1.62. The Bertz CT molecular complexity index is 414. The summed E-state index contributed by atoms with van der Waals surface area (Å²) in [6.45, 7) is 4.37. The molecule has 4 heteroatoms. The van der Waals surface area contributed by atoms with Crippen LogP contribution in [-0.4, -0.2) is 37.0 Å². The smallest absolute Gasteiger partial charge is 0.253 e. The number of unbranched alkanes of at least 4 members (excludes halogenated alkanes) is 1. The maximum Gasteiger partial charge on any atom is 0.253 e. The Hall–Kier alpha value is -1.55. The van der Waals surface area contributed by atoms with Crippen LogP contribution in [0, 0.1) is 0 Å². The van der Waals surface area contributed by atoms with E-state index in [1.54, 1.807) is 12.1 Å². The molecule has 1 aromatic carbocycles. The van der Waals surface area contributed by atoms with E-state index in [-0.39, 0.29) is 5.91 Å². The Morgan fingerprint density at radius 1 is 1.21 bits per heavy atom. The minimum Gasteiger partial charge on any atom is -0.398 e. The molecule has 1 aromatic rings. The summed E-state index contributed by atoms with van der Waals surface area (Å²) in [5.41, 5.74) is 6.88. The lowest BCUT2D eigenvalue weighted by atomic mass is 10.1. The highest BCUT2D eigenvalue weighted by Crippen LogP contribution is 2.10. The van der Waals surface area contributed by atoms with E-state index in [0.717, 1.165) is 25.9 Å². The molecular weight excluding hydrogens is 238 g/mol. The number of benzene rings is 1. The number of para-hydroxylation sites is 1. The lowest BCUT2D eigenvalue weighted by Crippen LogP contribution is -2.26. The van der Waals surface area contributed by atoms with Gasteiger partial charge in [-0.25, -0.2) is 0 Å². The van der Waals surface area contributed by atoms with Gasteiger partial charge in [-0.2, -0.15) is 0 Å². The van der Waals surface area contributed by atoms with Gasteiger partial charge in [0.15, 0.2) is 0 Å². The molecule has 0 atom stereocenters. The predicted molar refractivity (Wildman–Crippen MR) is 78.1 cm³/mol. The van der Waals surface area contributed by atoms with Crippen LogP contribution < -0.4 is 11.1 Å². The molecule has 0 spiro atoms. The highest BCUT2D eigenvalue weighted by atomic mass is 16.1. The van der Waals surface area contributed by atoms with Crippen LogP contribution in [0.25, 0.3) is 0 Å². The van der Waals surface area contributed by atoms with Gasteiger partial charge in [0, 0.05) is 12.2 Å². The molecule has 0 aromatic heterocycles. The number of nitrogens with one attached hydrogen (secondary N) is 1. The molecule has 1 amide bonds. The number of likely N-dealkylation sites (tertiary alicyclic amines) is 1. The standard InChI is InChI=1S/C15H23N3O/c16-14-8-2-1-7-13(14)15(19)17-9-3-4-10-18-11-5-6-12-18/h1-2,7-8H,3-6,9-12,16H2,(H,17,19). The van der Waals surface area contributed by atoms with E-state index in [1.165, 1.54) is 25.9 Å². The number of anilines is 1. The van der Waals surface area contributed by atoms with E-state index >= 15 is 0 Å². The summed E-state index contributed by atoms with van der Waals surface area (Å²) in [6.07, 6.45) is 4.84. The summed E-state index contributed by atoms with van der Waals surface area (Å²) >= 11 is 0. The van der Waals surface area contributed by atoms with Gasteiger partial charge in [-0.05, 0) is 57.5 Å². The van der Waals surface area contributed by atoms with Crippen LogP contribution in [0.3, 0.4) is 0 Å². The van der Waals surface area contributed by atoms with E-state index in [2.05, 4.69) is 10.2 Å². The average molecular weight is 261 g/mol. The summed E-state index contributed by atoms with van der Waals surface area (Å²) in [6, 6.07) is 7.18. The molecule has 4 nitrogen and oxygen atoms in total. The minimum absolute atomic E-state index is 0.0701. The molecule has 0 bridgehead atoms. The molecule has 1 aliphatic heterocycles. The zero-order valence-electron chi connectivity index (χ0n) is 11.4. The van der Waals surface area contributed by atoms with Crippen molar-refractivity contribution in [3.8, 4) is 0 Å². The van der Waals surface area contributed by atoms with Crippen molar-refractivity contribution in [1.29, 1.82) is 0 Å². The summed E-state index contributed by atoms with van der Waals surface area (Å²) in [5.74, 6) is -0.0701. The lowest BCUT2D eigenvalue weighted by Gasteiger charge is -2.14. The largest absolute Gasteiger partial charge is 0.398 e. The van der Waals surface area contributed by atoms with Crippen LogP contribution in [0.4, 0.5) is 5.69 Å². The second kappa shape index (κ2) is 7.14. The van der Waals surface area contributed by atoms with Gasteiger partial charge in [0.1, 0.15) is 0 Å². The van der Waals surface area contributed by atoms with Crippen molar-refractivity contribution in [3.05, 3.63) is 29.8 Å². The van der Waals surface area contributed by atoms with Crippen molar-refractivity contribution in [2.24, 2.45) is 0 Å². The predicted octanol–water partition coefficient (Wildman–Crippen LogP) is 1.87. The quantitative estimate of drug-likeness (QED) is 0.607. The van der Waals surface area contributed by atoms with E-state index in [9.17, 15) is 4.79 Å². The van der Waals surface area contributed by atoms with Crippen LogP contribution >= 0.6 is 0 Å². The molecule has 19 heavy (non-hydrogen) atoms. The van der Waals surface area contributed by atoms with Crippen molar-refractivity contribution in [3.63, 3.8) is 0 Å². The van der Waals surface area contributed by atoms with Crippen LogP contribution in [0.1, 0.15) is 36.0 Å². The molecule has 0 unspecified atom stereocenters. The van der Waals surface area contributed by atoms with Gasteiger partial charge < -0.3 is 16.0 Å². The fraction of sp³-hybridized carbons (Fsp3) is 0.533. The van der Waals surface area contributed by atoms with Gasteiger partial charge in [0.05, 0.1) is 5.56 Å². The third kappa shape index (κ3) is 4.24. The SMILES string of the molecule is Nc1ccccc1C(=O)NCCCCN1CCCC1. The van der Waals surface area contributed by atoms with Crippen LogP contribution in [0.2, 0.25) is 0 Å². The molecule has 3 N–H and O–H groups in total. The molecule has 1 aliphatic rings. The first-order valence-electron chi connectivity index (χ1n) is 7.12. The van der Waals surface area contributed by atoms with Gasteiger partial charge in [-0.3, -0.25) is 4.79 Å². The van der Waals surface area contributed by atoms with Crippen LogP contribution in [0.5, 0.6) is 0 Å². The summed E-state index contributed by atoms with van der Waals surface area (Å²) in [7, 11) is 0. The number of nitrogen functional groups attached to an aromatic ring is 1.